The lowest BCUT2D eigenvalue weighted by atomic mass is 9.79. The van der Waals surface area contributed by atoms with E-state index >= 15 is 0 Å². The van der Waals surface area contributed by atoms with Crippen molar-refractivity contribution in [3.05, 3.63) is 29.6 Å². The van der Waals surface area contributed by atoms with Crippen LogP contribution in [0.3, 0.4) is 0 Å². The normalized spacial score (nSPS) is 19.7. The number of carbonyl (C=O) groups is 1. The van der Waals surface area contributed by atoms with Crippen LogP contribution in [0.15, 0.2) is 18.2 Å². The Morgan fingerprint density at radius 1 is 1.16 bits per heavy atom. The highest BCUT2D eigenvalue weighted by Crippen LogP contribution is 2.34. The lowest BCUT2D eigenvalue weighted by Crippen LogP contribution is -2.62. The topological polar surface area (TPSA) is 79.0 Å². The Morgan fingerprint density at radius 3 is 2.41 bits per heavy atom. The molecule has 3 rings (SSSR count). The average Bonchev–Trinajstić information content (AvgIpc) is 2.78. The van der Waals surface area contributed by atoms with Crippen molar-refractivity contribution in [3.63, 3.8) is 0 Å². The second-order valence-electron chi connectivity index (χ2n) is 8.49. The Morgan fingerprint density at radius 2 is 1.81 bits per heavy atom. The van der Waals surface area contributed by atoms with E-state index in [4.69, 9.17) is 4.74 Å². The number of amides is 1. The first-order chi connectivity index (χ1) is 14.8. The SMILES string of the molecule is CCCS(=O)(=O)N1CCN(C2(CNC(=O)c3c(F)cccc3OC)CCCCC2)CC1.Cl. The van der Waals surface area contributed by atoms with E-state index in [9.17, 15) is 17.6 Å². The third-order valence-electron chi connectivity index (χ3n) is 6.55. The maximum absolute atomic E-state index is 14.3. The van der Waals surface area contributed by atoms with Crippen LogP contribution < -0.4 is 10.1 Å². The van der Waals surface area contributed by atoms with Crippen molar-refractivity contribution in [2.45, 2.75) is 51.0 Å². The number of nitrogens with one attached hydrogen (secondary N) is 1. The van der Waals surface area contributed by atoms with E-state index in [1.807, 2.05) is 6.92 Å². The van der Waals surface area contributed by atoms with Gasteiger partial charge in [0.1, 0.15) is 17.1 Å². The van der Waals surface area contributed by atoms with Gasteiger partial charge in [-0.2, -0.15) is 4.31 Å². The fourth-order valence-corrected chi connectivity index (χ4v) is 6.36. The second kappa shape index (κ2) is 11.6. The average molecular weight is 492 g/mol. The zero-order chi connectivity index (χ0) is 22.5. The predicted octanol–water partition coefficient (Wildman–Crippen LogP) is 3.05. The van der Waals surface area contributed by atoms with Gasteiger partial charge in [-0.25, -0.2) is 12.8 Å². The van der Waals surface area contributed by atoms with Gasteiger partial charge < -0.3 is 10.1 Å². The lowest BCUT2D eigenvalue weighted by molar-refractivity contribution is 0.0239. The zero-order valence-electron chi connectivity index (χ0n) is 18.9. The van der Waals surface area contributed by atoms with Gasteiger partial charge >= 0.3 is 0 Å². The molecule has 1 amide bonds. The molecule has 1 aromatic rings. The molecule has 1 heterocycles. The summed E-state index contributed by atoms with van der Waals surface area (Å²) in [6, 6.07) is 4.34. The highest BCUT2D eigenvalue weighted by atomic mass is 35.5. The number of rotatable bonds is 8. The van der Waals surface area contributed by atoms with E-state index in [1.165, 1.54) is 19.2 Å². The molecule has 0 bridgehead atoms. The molecular weight excluding hydrogens is 457 g/mol. The summed E-state index contributed by atoms with van der Waals surface area (Å²) in [5.41, 5.74) is -0.307. The number of hydrogen-bond acceptors (Lipinski definition) is 5. The molecule has 1 aliphatic carbocycles. The van der Waals surface area contributed by atoms with Gasteiger partial charge in [-0.15, -0.1) is 12.4 Å². The zero-order valence-corrected chi connectivity index (χ0v) is 20.6. The Bertz CT molecular complexity index is 870. The number of ether oxygens (including phenoxy) is 1. The van der Waals surface area contributed by atoms with Crippen molar-refractivity contribution in [2.24, 2.45) is 0 Å². The Hall–Kier alpha value is -1.42. The molecule has 32 heavy (non-hydrogen) atoms. The molecular formula is C22H35ClFN3O4S. The molecule has 1 saturated carbocycles. The maximum Gasteiger partial charge on any atom is 0.258 e. The molecule has 1 N–H and O–H groups in total. The Kier molecular flexibility index (Phi) is 9.75. The van der Waals surface area contributed by atoms with Gasteiger partial charge in [0.2, 0.25) is 10.0 Å². The van der Waals surface area contributed by atoms with E-state index in [-0.39, 0.29) is 35.0 Å². The summed E-state index contributed by atoms with van der Waals surface area (Å²) >= 11 is 0. The quantitative estimate of drug-likeness (QED) is 0.604. The van der Waals surface area contributed by atoms with Gasteiger partial charge in [-0.05, 0) is 31.4 Å². The van der Waals surface area contributed by atoms with Crippen LogP contribution in [0.1, 0.15) is 55.8 Å². The first-order valence-electron chi connectivity index (χ1n) is 11.2. The van der Waals surface area contributed by atoms with E-state index in [2.05, 4.69) is 10.2 Å². The molecule has 1 saturated heterocycles. The van der Waals surface area contributed by atoms with E-state index in [0.717, 1.165) is 32.1 Å². The molecule has 0 radical (unpaired) electrons. The van der Waals surface area contributed by atoms with Crippen LogP contribution in [0.25, 0.3) is 0 Å². The highest BCUT2D eigenvalue weighted by Gasteiger charge is 2.41. The molecule has 10 heteroatoms. The first-order valence-corrected chi connectivity index (χ1v) is 12.8. The minimum Gasteiger partial charge on any atom is -0.496 e. The number of piperazine rings is 1. The molecule has 0 aromatic heterocycles. The molecule has 2 aliphatic rings. The van der Waals surface area contributed by atoms with Crippen LogP contribution in [-0.2, 0) is 10.0 Å². The summed E-state index contributed by atoms with van der Waals surface area (Å²) in [5.74, 6) is -0.697. The number of sulfonamides is 1. The fraction of sp³-hybridized carbons (Fsp3) is 0.682. The van der Waals surface area contributed by atoms with E-state index in [0.29, 0.717) is 39.1 Å². The van der Waals surface area contributed by atoms with Gasteiger partial charge in [0.15, 0.2) is 0 Å². The van der Waals surface area contributed by atoms with Crippen LogP contribution >= 0.6 is 12.4 Å². The first kappa shape index (κ1) is 26.8. The molecule has 0 unspecified atom stereocenters. The molecule has 0 atom stereocenters. The fourth-order valence-electron chi connectivity index (χ4n) is 4.87. The van der Waals surface area contributed by atoms with Crippen LogP contribution in [0.5, 0.6) is 5.75 Å². The van der Waals surface area contributed by atoms with Crippen LogP contribution in [-0.4, -0.2) is 74.7 Å². The highest BCUT2D eigenvalue weighted by molar-refractivity contribution is 7.89. The summed E-state index contributed by atoms with van der Waals surface area (Å²) < 4.78 is 45.9. The molecule has 1 aromatic carbocycles. The number of methoxy groups -OCH3 is 1. The second-order valence-corrected chi connectivity index (χ2v) is 10.6. The van der Waals surface area contributed by atoms with E-state index < -0.39 is 21.7 Å². The Balaban J connectivity index is 0.00000363. The predicted molar refractivity (Wildman–Crippen MR) is 126 cm³/mol. The summed E-state index contributed by atoms with van der Waals surface area (Å²) in [6.07, 6.45) is 5.76. The number of hydrogen-bond donors (Lipinski definition) is 1. The minimum atomic E-state index is -3.20. The van der Waals surface area contributed by atoms with Gasteiger partial charge in [0.25, 0.3) is 5.91 Å². The third kappa shape index (κ3) is 5.92. The number of carbonyl (C=O) groups excluding carboxylic acids is 1. The summed E-state index contributed by atoms with van der Waals surface area (Å²) in [4.78, 5) is 15.2. The maximum atomic E-state index is 14.3. The van der Waals surface area contributed by atoms with Gasteiger partial charge in [0.05, 0.1) is 12.9 Å². The van der Waals surface area contributed by atoms with Crippen LogP contribution in [0, 0.1) is 5.82 Å². The van der Waals surface area contributed by atoms with Crippen molar-refractivity contribution in [3.8, 4) is 5.75 Å². The van der Waals surface area contributed by atoms with Gasteiger partial charge in [-0.1, -0.05) is 32.3 Å². The van der Waals surface area contributed by atoms with Crippen LogP contribution in [0.4, 0.5) is 4.39 Å². The number of halogens is 2. The van der Waals surface area contributed by atoms with Gasteiger partial charge in [0, 0.05) is 38.3 Å². The monoisotopic (exact) mass is 491 g/mol. The minimum absolute atomic E-state index is 0. The summed E-state index contributed by atoms with van der Waals surface area (Å²) in [5, 5.41) is 2.95. The van der Waals surface area contributed by atoms with Crippen molar-refractivity contribution in [1.29, 1.82) is 0 Å². The van der Waals surface area contributed by atoms with Crippen molar-refractivity contribution < 1.29 is 22.3 Å². The molecule has 0 spiro atoms. The molecule has 7 nitrogen and oxygen atoms in total. The number of nitrogens with zero attached hydrogens (tertiary/aromatic N) is 2. The molecule has 2 fully saturated rings. The summed E-state index contributed by atoms with van der Waals surface area (Å²) in [6.45, 7) is 4.51. The Labute approximate surface area is 197 Å². The summed E-state index contributed by atoms with van der Waals surface area (Å²) in [7, 11) is -1.78. The largest absolute Gasteiger partial charge is 0.496 e. The molecule has 1 aliphatic heterocycles. The standard InChI is InChI=1S/C22H34FN3O4S.ClH/c1-3-16-31(28,29)26-14-12-25(13-15-26)22(10-5-4-6-11-22)17-24-21(27)20-18(23)8-7-9-19(20)30-2;/h7-9H,3-6,10-17H2,1-2H3,(H,24,27);1H. The van der Waals surface area contributed by atoms with Crippen molar-refractivity contribution in [2.75, 3.05) is 45.6 Å². The van der Waals surface area contributed by atoms with E-state index in [1.54, 1.807) is 10.4 Å². The molecule has 182 valence electrons. The van der Waals surface area contributed by atoms with Crippen molar-refractivity contribution in [1.82, 2.24) is 14.5 Å². The van der Waals surface area contributed by atoms with Crippen LogP contribution in [0.2, 0.25) is 0 Å². The smallest absolute Gasteiger partial charge is 0.258 e. The number of benzene rings is 1. The van der Waals surface area contributed by atoms with Gasteiger partial charge in [-0.3, -0.25) is 9.69 Å². The van der Waals surface area contributed by atoms with Crippen molar-refractivity contribution >= 4 is 28.3 Å². The lowest BCUT2D eigenvalue weighted by Gasteiger charge is -2.49. The third-order valence-corrected chi connectivity index (χ3v) is 8.63.